The summed E-state index contributed by atoms with van der Waals surface area (Å²) in [4.78, 5) is 29.8. The average molecular weight is 878 g/mol. The Morgan fingerprint density at radius 3 is 2.52 bits per heavy atom. The van der Waals surface area contributed by atoms with E-state index >= 15 is 0 Å². The van der Waals surface area contributed by atoms with Crippen molar-refractivity contribution < 1.29 is 32.9 Å². The average Bonchev–Trinajstić information content (AvgIpc) is 3.72. The van der Waals surface area contributed by atoms with Crippen molar-refractivity contribution in [3.8, 4) is 16.9 Å². The fourth-order valence-corrected chi connectivity index (χ4v) is 8.89. The van der Waals surface area contributed by atoms with E-state index in [2.05, 4.69) is 6.92 Å². The number of esters is 1. The van der Waals surface area contributed by atoms with Crippen LogP contribution in [0, 0.1) is 11.7 Å². The van der Waals surface area contributed by atoms with Crippen LogP contribution in [-0.4, -0.2) is 76.3 Å². The molecule has 1 aliphatic heterocycles. The first-order valence-electron chi connectivity index (χ1n) is 21.4. The van der Waals surface area contributed by atoms with E-state index in [1.54, 1.807) is 24.9 Å². The summed E-state index contributed by atoms with van der Waals surface area (Å²) in [6, 6.07) is 13.6. The number of aryl methyl sites for hydroxylation is 2. The van der Waals surface area contributed by atoms with E-state index in [0.29, 0.717) is 72.8 Å². The molecule has 0 bridgehead atoms. The highest BCUT2D eigenvalue weighted by Crippen LogP contribution is 2.46. The number of amides is 1. The van der Waals surface area contributed by atoms with Crippen LogP contribution < -0.4 is 4.74 Å². The van der Waals surface area contributed by atoms with Crippen LogP contribution in [0.15, 0.2) is 60.7 Å². The van der Waals surface area contributed by atoms with Crippen LogP contribution in [0.1, 0.15) is 100 Å². The third-order valence-corrected chi connectivity index (χ3v) is 11.8. The van der Waals surface area contributed by atoms with Crippen LogP contribution in [0.5, 0.6) is 5.75 Å². The lowest BCUT2D eigenvalue weighted by molar-refractivity contribution is 0.0187. The van der Waals surface area contributed by atoms with Crippen molar-refractivity contribution in [2.24, 2.45) is 13.0 Å². The van der Waals surface area contributed by atoms with Crippen LogP contribution in [-0.2, 0) is 40.6 Å². The standard InChI is InChI=1S/C48H59Cl2FN4O6/c1-8-38-42(43(52-54(38)7)39(22-17-31-23-28-58-29-24-31)53(6)47(57)61-48(3,4)5)41-37(50)21-20-36-35(45(46(56)59-9-2)55(44(36)41)26-11-10-25-49)15-13-27-60-40-16-12-14-32-30-33(51)18-19-34(32)40/h10-12,14,16,18-21,30-31,39H,8-9,13,15,17,22-29H2,1-7H3/b11-10+/t39-/m1/s1. The molecule has 0 N–H and O–H groups in total. The zero-order valence-corrected chi connectivity index (χ0v) is 38.0. The number of halogens is 3. The fraction of sp³-hybridized carbons (Fsp3) is 0.479. The van der Waals surface area contributed by atoms with E-state index in [0.717, 1.165) is 76.5 Å². The summed E-state index contributed by atoms with van der Waals surface area (Å²) in [7, 11) is 3.71. The number of rotatable bonds is 17. The Hall–Kier alpha value is -4.58. The lowest BCUT2D eigenvalue weighted by Crippen LogP contribution is -2.37. The van der Waals surface area contributed by atoms with Gasteiger partial charge < -0.3 is 28.4 Å². The predicted molar refractivity (Wildman–Crippen MR) is 242 cm³/mol. The molecule has 0 spiro atoms. The summed E-state index contributed by atoms with van der Waals surface area (Å²) in [6.07, 6.45) is 8.44. The van der Waals surface area contributed by atoms with Crippen LogP contribution in [0.25, 0.3) is 32.8 Å². The normalized spacial score (nSPS) is 14.3. The second-order valence-corrected chi connectivity index (χ2v) is 17.3. The Morgan fingerprint density at radius 2 is 1.82 bits per heavy atom. The number of benzene rings is 3. The minimum absolute atomic E-state index is 0.189. The number of fused-ring (bicyclic) bond motifs is 2. The maximum atomic E-state index is 14.2. The molecule has 0 radical (unpaired) electrons. The summed E-state index contributed by atoms with van der Waals surface area (Å²) in [5, 5.41) is 8.10. The van der Waals surface area contributed by atoms with Gasteiger partial charge in [-0.1, -0.05) is 48.9 Å². The Balaban J connectivity index is 1.51. The fourth-order valence-electron chi connectivity index (χ4n) is 8.52. The number of hydrogen-bond donors (Lipinski definition) is 0. The van der Waals surface area contributed by atoms with Gasteiger partial charge >= 0.3 is 12.1 Å². The zero-order chi connectivity index (χ0) is 43.8. The van der Waals surface area contributed by atoms with Gasteiger partial charge in [-0.3, -0.25) is 4.68 Å². The molecule has 10 nitrogen and oxygen atoms in total. The molecule has 5 aromatic rings. The van der Waals surface area contributed by atoms with E-state index in [1.807, 2.05) is 79.6 Å². The highest BCUT2D eigenvalue weighted by Gasteiger charge is 2.35. The van der Waals surface area contributed by atoms with Gasteiger partial charge in [0.15, 0.2) is 0 Å². The molecule has 2 aromatic heterocycles. The van der Waals surface area contributed by atoms with Gasteiger partial charge in [0.05, 0.1) is 35.5 Å². The number of nitrogens with zero attached hydrogens (tertiary/aromatic N) is 4. The van der Waals surface area contributed by atoms with Gasteiger partial charge in [0.25, 0.3) is 0 Å². The molecular formula is C48H59Cl2FN4O6. The Bertz CT molecular complexity index is 2360. The van der Waals surface area contributed by atoms with Gasteiger partial charge in [-0.15, -0.1) is 11.6 Å². The summed E-state index contributed by atoms with van der Waals surface area (Å²) >= 11 is 13.6. The van der Waals surface area contributed by atoms with Crippen molar-refractivity contribution in [2.75, 3.05) is 39.4 Å². The predicted octanol–water partition coefficient (Wildman–Crippen LogP) is 11.6. The Morgan fingerprint density at radius 1 is 1.07 bits per heavy atom. The maximum Gasteiger partial charge on any atom is 0.410 e. The number of aromatic nitrogens is 3. The van der Waals surface area contributed by atoms with Gasteiger partial charge in [0.1, 0.15) is 22.9 Å². The quantitative estimate of drug-likeness (QED) is 0.0397. The van der Waals surface area contributed by atoms with Crippen molar-refractivity contribution in [3.05, 3.63) is 94.2 Å². The lowest BCUT2D eigenvalue weighted by atomic mass is 9.89. The molecule has 1 amide bonds. The van der Waals surface area contributed by atoms with E-state index < -0.39 is 23.7 Å². The van der Waals surface area contributed by atoms with Crippen molar-refractivity contribution >= 4 is 56.9 Å². The van der Waals surface area contributed by atoms with Crippen molar-refractivity contribution in [2.45, 2.75) is 97.8 Å². The molecule has 1 saturated heterocycles. The summed E-state index contributed by atoms with van der Waals surface area (Å²) in [5.41, 5.74) is 4.47. The third-order valence-electron chi connectivity index (χ3n) is 11.4. The monoisotopic (exact) mass is 876 g/mol. The minimum atomic E-state index is -0.705. The lowest BCUT2D eigenvalue weighted by Gasteiger charge is -2.32. The topological polar surface area (TPSA) is 97.1 Å². The molecule has 1 fully saturated rings. The number of hydrogen-bond acceptors (Lipinski definition) is 7. The molecule has 0 saturated carbocycles. The highest BCUT2D eigenvalue weighted by molar-refractivity contribution is 6.35. The SMILES string of the molecule is CCOC(=O)c1c(CCCOc2cccc3cc(F)ccc23)c2ccc(Cl)c(-c3c([C@@H](CCC4CCOCC4)N(C)C(=O)OC(C)(C)C)nn(C)c3CC)c2n1C/C=C/CCl. The van der Waals surface area contributed by atoms with Crippen LogP contribution in [0.4, 0.5) is 9.18 Å². The second-order valence-electron chi connectivity index (χ2n) is 16.6. The molecule has 3 aromatic carbocycles. The third kappa shape index (κ3) is 10.6. The molecular weight excluding hydrogens is 818 g/mol. The van der Waals surface area contributed by atoms with Crippen LogP contribution in [0.3, 0.4) is 0 Å². The number of allylic oxidation sites excluding steroid dienone is 2. The van der Waals surface area contributed by atoms with E-state index in [9.17, 15) is 14.0 Å². The maximum absolute atomic E-state index is 14.2. The van der Waals surface area contributed by atoms with Gasteiger partial charge in [0.2, 0.25) is 0 Å². The first-order chi connectivity index (χ1) is 29.3. The summed E-state index contributed by atoms with van der Waals surface area (Å²) < 4.78 is 41.6. The number of alkyl halides is 1. The van der Waals surface area contributed by atoms with Gasteiger partial charge in [-0.25, -0.2) is 14.0 Å². The largest absolute Gasteiger partial charge is 0.493 e. The summed E-state index contributed by atoms with van der Waals surface area (Å²) in [6.45, 7) is 11.8. The number of ether oxygens (including phenoxy) is 4. The van der Waals surface area contributed by atoms with Gasteiger partial charge in [-0.05, 0) is 120 Å². The number of carbonyl (C=O) groups excluding carboxylic acids is 2. The molecule has 1 aliphatic rings. The summed E-state index contributed by atoms with van der Waals surface area (Å²) in [5.74, 6) is 0.641. The molecule has 13 heteroatoms. The van der Waals surface area contributed by atoms with Crippen LogP contribution >= 0.6 is 23.2 Å². The molecule has 0 unspecified atom stereocenters. The molecule has 6 rings (SSSR count). The molecule has 3 heterocycles. The number of carbonyl (C=O) groups is 2. The zero-order valence-electron chi connectivity index (χ0n) is 36.5. The molecule has 61 heavy (non-hydrogen) atoms. The Kier molecular flexibility index (Phi) is 15.5. The van der Waals surface area contributed by atoms with Gasteiger partial charge in [0, 0.05) is 67.3 Å². The van der Waals surface area contributed by atoms with E-state index in [-0.39, 0.29) is 12.4 Å². The first kappa shape index (κ1) is 45.9. The second kappa shape index (κ2) is 20.5. The molecule has 0 aliphatic carbocycles. The smallest absolute Gasteiger partial charge is 0.410 e. The minimum Gasteiger partial charge on any atom is -0.493 e. The van der Waals surface area contributed by atoms with Gasteiger partial charge in [-0.2, -0.15) is 5.10 Å². The van der Waals surface area contributed by atoms with Crippen molar-refractivity contribution in [1.82, 2.24) is 19.2 Å². The highest BCUT2D eigenvalue weighted by atomic mass is 35.5. The molecule has 1 atom stereocenters. The Labute approximate surface area is 368 Å². The first-order valence-corrected chi connectivity index (χ1v) is 22.3. The van der Waals surface area contributed by atoms with E-state index in [1.165, 1.54) is 12.1 Å². The van der Waals surface area contributed by atoms with Crippen molar-refractivity contribution in [3.63, 3.8) is 0 Å². The molecule has 328 valence electrons. The van der Waals surface area contributed by atoms with Crippen LogP contribution in [0.2, 0.25) is 5.02 Å². The van der Waals surface area contributed by atoms with Crippen molar-refractivity contribution in [1.29, 1.82) is 0 Å². The van der Waals surface area contributed by atoms with E-state index in [4.69, 9.17) is 47.2 Å².